The number of benzene rings is 2. The summed E-state index contributed by atoms with van der Waals surface area (Å²) in [6.45, 7) is 1.88. The first-order valence-electron chi connectivity index (χ1n) is 9.05. The lowest BCUT2D eigenvalue weighted by molar-refractivity contribution is -0.137. The predicted molar refractivity (Wildman–Crippen MR) is 102 cm³/mol. The highest BCUT2D eigenvalue weighted by Gasteiger charge is 2.36. The van der Waals surface area contributed by atoms with Crippen LogP contribution in [-0.2, 0) is 22.8 Å². The molecule has 0 unspecified atom stereocenters. The van der Waals surface area contributed by atoms with E-state index >= 15 is 0 Å². The Kier molecular flexibility index (Phi) is 4.75. The van der Waals surface area contributed by atoms with Crippen molar-refractivity contribution in [3.05, 3.63) is 59.7 Å². The molecule has 28 heavy (non-hydrogen) atoms. The smallest absolute Gasteiger partial charge is 0.369 e. The van der Waals surface area contributed by atoms with Crippen LogP contribution in [0.2, 0.25) is 0 Å². The minimum Gasteiger partial charge on any atom is -0.369 e. The van der Waals surface area contributed by atoms with E-state index in [0.717, 1.165) is 23.4 Å². The van der Waals surface area contributed by atoms with Crippen LogP contribution in [0.4, 0.5) is 24.5 Å². The van der Waals surface area contributed by atoms with Crippen LogP contribution < -0.4 is 9.21 Å². The zero-order valence-electron chi connectivity index (χ0n) is 15.1. The van der Waals surface area contributed by atoms with E-state index in [0.29, 0.717) is 44.8 Å². The molecule has 2 heterocycles. The number of nitrogens with zero attached hydrogens (tertiary/aromatic N) is 3. The van der Waals surface area contributed by atoms with Crippen LogP contribution >= 0.6 is 0 Å². The fourth-order valence-electron chi connectivity index (χ4n) is 3.73. The van der Waals surface area contributed by atoms with Crippen LogP contribution in [0, 0.1) is 0 Å². The number of rotatable bonds is 3. The van der Waals surface area contributed by atoms with Gasteiger partial charge in [-0.05, 0) is 42.3 Å². The molecule has 1 saturated heterocycles. The van der Waals surface area contributed by atoms with Gasteiger partial charge in [0.15, 0.2) is 0 Å². The molecule has 0 aromatic heterocycles. The first-order chi connectivity index (χ1) is 13.3. The topological polar surface area (TPSA) is 43.9 Å². The Bertz CT molecular complexity index is 953. The average Bonchev–Trinajstić information content (AvgIpc) is 3.12. The SMILES string of the molecule is O=S(=O)(N1CCN(c2ccc(C(F)(F)F)cc2)CC1)N1CCc2ccccc21. The van der Waals surface area contributed by atoms with E-state index in [4.69, 9.17) is 0 Å². The second-order valence-corrected chi connectivity index (χ2v) is 8.74. The van der Waals surface area contributed by atoms with Gasteiger partial charge in [-0.1, -0.05) is 18.2 Å². The van der Waals surface area contributed by atoms with Crippen molar-refractivity contribution in [3.63, 3.8) is 0 Å². The Hall–Kier alpha value is -2.26. The van der Waals surface area contributed by atoms with Gasteiger partial charge < -0.3 is 4.90 Å². The van der Waals surface area contributed by atoms with Crippen molar-refractivity contribution in [2.45, 2.75) is 12.6 Å². The van der Waals surface area contributed by atoms with Gasteiger partial charge in [0, 0.05) is 38.4 Å². The third kappa shape index (κ3) is 3.44. The fourth-order valence-corrected chi connectivity index (χ4v) is 5.38. The third-order valence-corrected chi connectivity index (χ3v) is 7.20. The number of fused-ring (bicyclic) bond motifs is 1. The van der Waals surface area contributed by atoms with Crippen molar-refractivity contribution >= 4 is 21.6 Å². The molecular formula is C19H20F3N3O2S. The van der Waals surface area contributed by atoms with E-state index < -0.39 is 21.9 Å². The molecule has 5 nitrogen and oxygen atoms in total. The van der Waals surface area contributed by atoms with Crippen LogP contribution in [-0.4, -0.2) is 45.4 Å². The van der Waals surface area contributed by atoms with Crippen molar-refractivity contribution in [1.29, 1.82) is 0 Å². The van der Waals surface area contributed by atoms with Gasteiger partial charge in [0.25, 0.3) is 0 Å². The van der Waals surface area contributed by atoms with Gasteiger partial charge >= 0.3 is 16.4 Å². The van der Waals surface area contributed by atoms with Crippen molar-refractivity contribution in [1.82, 2.24) is 4.31 Å². The second-order valence-electron chi connectivity index (χ2n) is 6.89. The van der Waals surface area contributed by atoms with E-state index in [1.165, 1.54) is 20.7 Å². The van der Waals surface area contributed by atoms with Crippen molar-refractivity contribution in [2.75, 3.05) is 41.9 Å². The number of halogens is 3. The molecule has 0 spiro atoms. The summed E-state index contributed by atoms with van der Waals surface area (Å²) in [5.74, 6) is 0. The summed E-state index contributed by atoms with van der Waals surface area (Å²) in [6.07, 6.45) is -3.67. The standard InChI is InChI=1S/C19H20F3N3O2S/c20-19(21,22)16-5-7-17(8-6-16)23-11-13-24(14-12-23)28(26,27)25-10-9-15-3-1-2-4-18(15)25/h1-8H,9-14H2. The number of anilines is 2. The highest BCUT2D eigenvalue weighted by molar-refractivity contribution is 7.90. The molecule has 0 N–H and O–H groups in total. The molecule has 2 aliphatic heterocycles. The van der Waals surface area contributed by atoms with Crippen molar-refractivity contribution in [2.24, 2.45) is 0 Å². The predicted octanol–water partition coefficient (Wildman–Crippen LogP) is 3.13. The summed E-state index contributed by atoms with van der Waals surface area (Å²) in [7, 11) is -3.62. The van der Waals surface area contributed by atoms with Crippen molar-refractivity contribution < 1.29 is 21.6 Å². The molecule has 150 valence electrons. The maximum absolute atomic E-state index is 13.1. The molecule has 0 saturated carbocycles. The molecule has 0 amide bonds. The second kappa shape index (κ2) is 6.97. The van der Waals surface area contributed by atoms with Gasteiger partial charge in [-0.25, -0.2) is 0 Å². The number of hydrogen-bond acceptors (Lipinski definition) is 3. The van der Waals surface area contributed by atoms with E-state index in [9.17, 15) is 21.6 Å². The van der Waals surface area contributed by atoms with E-state index in [2.05, 4.69) is 0 Å². The molecular weight excluding hydrogens is 391 g/mol. The third-order valence-electron chi connectivity index (χ3n) is 5.25. The van der Waals surface area contributed by atoms with E-state index in [-0.39, 0.29) is 0 Å². The lowest BCUT2D eigenvalue weighted by Crippen LogP contribution is -2.53. The molecule has 0 bridgehead atoms. The number of piperazine rings is 1. The zero-order valence-corrected chi connectivity index (χ0v) is 15.9. The van der Waals surface area contributed by atoms with Gasteiger partial charge in [0.2, 0.25) is 0 Å². The van der Waals surface area contributed by atoms with Gasteiger partial charge in [-0.15, -0.1) is 0 Å². The number of hydrogen-bond donors (Lipinski definition) is 0. The minimum atomic E-state index is -4.36. The summed E-state index contributed by atoms with van der Waals surface area (Å²) in [6, 6.07) is 12.5. The number of alkyl halides is 3. The van der Waals surface area contributed by atoms with Crippen LogP contribution in [0.5, 0.6) is 0 Å². The quantitative estimate of drug-likeness (QED) is 0.780. The Balaban J connectivity index is 1.44. The van der Waals surface area contributed by atoms with Gasteiger partial charge in [0.1, 0.15) is 0 Å². The zero-order chi connectivity index (χ0) is 19.9. The van der Waals surface area contributed by atoms with E-state index in [1.807, 2.05) is 29.2 Å². The fraction of sp³-hybridized carbons (Fsp3) is 0.368. The first-order valence-corrected chi connectivity index (χ1v) is 10.4. The minimum absolute atomic E-state index is 0.294. The highest BCUT2D eigenvalue weighted by atomic mass is 32.2. The molecule has 0 radical (unpaired) electrons. The molecule has 2 aliphatic rings. The molecule has 2 aromatic carbocycles. The van der Waals surface area contributed by atoms with Crippen LogP contribution in [0.1, 0.15) is 11.1 Å². The first kappa shape index (κ1) is 19.1. The van der Waals surface area contributed by atoms with Crippen LogP contribution in [0.3, 0.4) is 0 Å². The lowest BCUT2D eigenvalue weighted by Gasteiger charge is -2.37. The lowest BCUT2D eigenvalue weighted by atomic mass is 10.2. The maximum Gasteiger partial charge on any atom is 0.416 e. The van der Waals surface area contributed by atoms with Crippen LogP contribution in [0.15, 0.2) is 48.5 Å². The average molecular weight is 411 g/mol. The normalized spacial score (nSPS) is 18.4. The Morgan fingerprint density at radius 3 is 2.11 bits per heavy atom. The van der Waals surface area contributed by atoms with Gasteiger partial charge in [0.05, 0.1) is 11.3 Å². The summed E-state index contributed by atoms with van der Waals surface area (Å²) >= 11 is 0. The monoisotopic (exact) mass is 411 g/mol. The summed E-state index contributed by atoms with van der Waals surface area (Å²) in [4.78, 5) is 1.91. The Labute approximate surface area is 162 Å². The van der Waals surface area contributed by atoms with E-state index in [1.54, 1.807) is 0 Å². The summed E-state index contributed by atoms with van der Waals surface area (Å²) < 4.78 is 67.1. The molecule has 9 heteroatoms. The maximum atomic E-state index is 13.1. The van der Waals surface area contributed by atoms with Gasteiger partial charge in [-0.3, -0.25) is 4.31 Å². The molecule has 2 aromatic rings. The molecule has 0 aliphatic carbocycles. The van der Waals surface area contributed by atoms with Gasteiger partial charge in [-0.2, -0.15) is 25.9 Å². The molecule has 1 fully saturated rings. The highest BCUT2D eigenvalue weighted by Crippen LogP contribution is 2.33. The number of para-hydroxylation sites is 1. The summed E-state index contributed by atoms with van der Waals surface area (Å²) in [5.41, 5.74) is 1.73. The van der Waals surface area contributed by atoms with Crippen LogP contribution in [0.25, 0.3) is 0 Å². The van der Waals surface area contributed by atoms with Crippen molar-refractivity contribution in [3.8, 4) is 0 Å². The Morgan fingerprint density at radius 1 is 0.821 bits per heavy atom. The Morgan fingerprint density at radius 2 is 1.46 bits per heavy atom. The largest absolute Gasteiger partial charge is 0.416 e. The molecule has 4 rings (SSSR count). The summed E-state index contributed by atoms with van der Waals surface area (Å²) in [5, 5.41) is 0. The molecule has 0 atom stereocenters.